The van der Waals surface area contributed by atoms with Crippen LogP contribution in [0.2, 0.25) is 0 Å². The first-order valence-electron chi connectivity index (χ1n) is 9.13. The topological polar surface area (TPSA) is 134 Å². The van der Waals surface area contributed by atoms with Crippen LogP contribution in [0.1, 0.15) is 37.7 Å². The summed E-state index contributed by atoms with van der Waals surface area (Å²) in [6.07, 6.45) is 3.12. The predicted octanol–water partition coefficient (Wildman–Crippen LogP) is 2.65. The lowest BCUT2D eigenvalue weighted by Crippen LogP contribution is -2.44. The number of amides is 2. The number of nitro groups is 1. The average molecular weight is 378 g/mol. The number of urea groups is 1. The van der Waals surface area contributed by atoms with Crippen LogP contribution in [0.4, 0.5) is 16.2 Å². The molecule has 1 aromatic rings. The molecule has 2 rings (SSSR count). The monoisotopic (exact) mass is 378 g/mol. The van der Waals surface area contributed by atoms with Crippen molar-refractivity contribution in [2.75, 3.05) is 18.4 Å². The van der Waals surface area contributed by atoms with Gasteiger partial charge in [0.05, 0.1) is 10.8 Å². The van der Waals surface area contributed by atoms with Crippen LogP contribution in [0.15, 0.2) is 18.2 Å². The van der Waals surface area contributed by atoms with Crippen molar-refractivity contribution in [2.45, 2.75) is 45.1 Å². The summed E-state index contributed by atoms with van der Waals surface area (Å²) in [7, 11) is 0. The molecule has 0 radical (unpaired) electrons. The minimum atomic E-state index is -0.765. The van der Waals surface area contributed by atoms with Gasteiger partial charge in [0, 0.05) is 25.2 Å². The molecule has 4 N–H and O–H groups in total. The van der Waals surface area contributed by atoms with E-state index >= 15 is 0 Å². The predicted molar refractivity (Wildman–Crippen MR) is 101 cm³/mol. The zero-order chi connectivity index (χ0) is 19.8. The number of hydrogen-bond donors (Lipinski definition) is 4. The number of hydrogen-bond acceptors (Lipinski definition) is 5. The highest BCUT2D eigenvalue weighted by molar-refractivity contribution is 5.74. The Morgan fingerprint density at radius 2 is 1.93 bits per heavy atom. The number of carboxylic acids is 1. The van der Waals surface area contributed by atoms with E-state index in [0.29, 0.717) is 50.9 Å². The standard InChI is InChI=1S/C18H26N4O5/c1-12-3-8-15(16(11-12)22(26)27)19-9-2-10-20-18(25)21-14-6-4-13(5-7-14)17(23)24/h3,8,11,13-14,19H,2,4-7,9-10H2,1H3,(H,23,24)(H2,20,21,25). The van der Waals surface area contributed by atoms with Crippen LogP contribution in [-0.2, 0) is 4.79 Å². The fourth-order valence-corrected chi connectivity index (χ4v) is 3.18. The maximum absolute atomic E-state index is 11.9. The van der Waals surface area contributed by atoms with Gasteiger partial charge in [-0.1, -0.05) is 6.07 Å². The zero-order valence-electron chi connectivity index (χ0n) is 15.4. The Morgan fingerprint density at radius 3 is 2.56 bits per heavy atom. The molecule has 0 unspecified atom stereocenters. The van der Waals surface area contributed by atoms with Crippen molar-refractivity contribution in [1.82, 2.24) is 10.6 Å². The number of nitrogens with one attached hydrogen (secondary N) is 3. The number of carboxylic acid groups (broad SMARTS) is 1. The van der Waals surface area contributed by atoms with Crippen LogP contribution in [0, 0.1) is 23.0 Å². The number of nitro benzene ring substituents is 1. The van der Waals surface area contributed by atoms with Gasteiger partial charge in [-0.3, -0.25) is 14.9 Å². The summed E-state index contributed by atoms with van der Waals surface area (Å²) in [5, 5.41) is 28.7. The fraction of sp³-hybridized carbons (Fsp3) is 0.556. The van der Waals surface area contributed by atoms with Gasteiger partial charge in [0.2, 0.25) is 0 Å². The number of benzene rings is 1. The van der Waals surface area contributed by atoms with Gasteiger partial charge in [-0.05, 0) is 50.7 Å². The van der Waals surface area contributed by atoms with Crippen molar-refractivity contribution in [2.24, 2.45) is 5.92 Å². The van der Waals surface area contributed by atoms with Crippen molar-refractivity contribution in [1.29, 1.82) is 0 Å². The molecule has 2 amide bonds. The lowest BCUT2D eigenvalue weighted by atomic mass is 9.86. The Bertz CT molecular complexity index is 686. The minimum absolute atomic E-state index is 0.00827. The van der Waals surface area contributed by atoms with Crippen LogP contribution in [0.25, 0.3) is 0 Å². The molecule has 0 aliphatic heterocycles. The molecule has 0 spiro atoms. The second kappa shape index (κ2) is 9.75. The number of aliphatic carboxylic acids is 1. The van der Waals surface area contributed by atoms with E-state index in [9.17, 15) is 19.7 Å². The first-order valence-corrected chi connectivity index (χ1v) is 9.13. The lowest BCUT2D eigenvalue weighted by molar-refractivity contribution is -0.384. The van der Waals surface area contributed by atoms with Crippen molar-refractivity contribution >= 4 is 23.4 Å². The molecule has 0 heterocycles. The Balaban J connectivity index is 1.64. The van der Waals surface area contributed by atoms with E-state index in [0.717, 1.165) is 5.56 Å². The van der Waals surface area contributed by atoms with Crippen LogP contribution in [0.3, 0.4) is 0 Å². The van der Waals surface area contributed by atoms with Gasteiger partial charge in [-0.25, -0.2) is 4.79 Å². The van der Waals surface area contributed by atoms with Crippen molar-refractivity contribution < 1.29 is 19.6 Å². The molecular formula is C18H26N4O5. The van der Waals surface area contributed by atoms with E-state index in [4.69, 9.17) is 5.11 Å². The first-order chi connectivity index (χ1) is 12.9. The summed E-state index contributed by atoms with van der Waals surface area (Å²) in [5.74, 6) is -1.07. The van der Waals surface area contributed by atoms with Crippen LogP contribution in [-0.4, -0.2) is 41.2 Å². The Hall–Kier alpha value is -2.84. The molecule has 0 atom stereocenters. The molecule has 27 heavy (non-hydrogen) atoms. The number of anilines is 1. The van der Waals surface area contributed by atoms with Gasteiger partial charge in [0.1, 0.15) is 5.69 Å². The molecule has 0 saturated heterocycles. The van der Waals surface area contributed by atoms with E-state index in [1.807, 2.05) is 0 Å². The summed E-state index contributed by atoms with van der Waals surface area (Å²) < 4.78 is 0. The van der Waals surface area contributed by atoms with Crippen molar-refractivity contribution in [3.8, 4) is 0 Å². The van der Waals surface area contributed by atoms with Gasteiger partial charge in [-0.15, -0.1) is 0 Å². The summed E-state index contributed by atoms with van der Waals surface area (Å²) in [6, 6.07) is 4.75. The van der Waals surface area contributed by atoms with E-state index < -0.39 is 10.9 Å². The molecule has 1 saturated carbocycles. The van der Waals surface area contributed by atoms with Crippen LogP contribution >= 0.6 is 0 Å². The summed E-state index contributed by atoms with van der Waals surface area (Å²) in [4.78, 5) is 33.5. The second-order valence-corrected chi connectivity index (χ2v) is 6.85. The van der Waals surface area contributed by atoms with E-state index in [2.05, 4.69) is 16.0 Å². The first kappa shape index (κ1) is 20.5. The molecule has 1 fully saturated rings. The third kappa shape index (κ3) is 6.43. The largest absolute Gasteiger partial charge is 0.481 e. The van der Waals surface area contributed by atoms with E-state index in [1.165, 1.54) is 6.07 Å². The lowest BCUT2D eigenvalue weighted by Gasteiger charge is -2.26. The third-order valence-corrected chi connectivity index (χ3v) is 4.72. The molecule has 148 valence electrons. The zero-order valence-corrected chi connectivity index (χ0v) is 15.4. The Labute approximate surface area is 157 Å². The quantitative estimate of drug-likeness (QED) is 0.312. The fourth-order valence-electron chi connectivity index (χ4n) is 3.18. The summed E-state index contributed by atoms with van der Waals surface area (Å²) in [5.41, 5.74) is 1.32. The molecule has 1 aliphatic carbocycles. The minimum Gasteiger partial charge on any atom is -0.481 e. The molecular weight excluding hydrogens is 352 g/mol. The van der Waals surface area contributed by atoms with Gasteiger partial charge >= 0.3 is 12.0 Å². The Morgan fingerprint density at radius 1 is 1.22 bits per heavy atom. The highest BCUT2D eigenvalue weighted by Crippen LogP contribution is 2.25. The molecule has 1 aromatic carbocycles. The maximum atomic E-state index is 11.9. The number of nitrogens with zero attached hydrogens (tertiary/aromatic N) is 1. The van der Waals surface area contributed by atoms with Crippen molar-refractivity contribution in [3.05, 3.63) is 33.9 Å². The molecule has 1 aliphatic rings. The van der Waals surface area contributed by atoms with Gasteiger partial charge in [0.25, 0.3) is 5.69 Å². The number of carbonyl (C=O) groups is 2. The van der Waals surface area contributed by atoms with Gasteiger partial charge in [0.15, 0.2) is 0 Å². The van der Waals surface area contributed by atoms with Crippen LogP contribution < -0.4 is 16.0 Å². The van der Waals surface area contributed by atoms with Gasteiger partial charge in [-0.2, -0.15) is 0 Å². The average Bonchev–Trinajstić information content (AvgIpc) is 2.62. The number of aryl methyl sites for hydroxylation is 1. The highest BCUT2D eigenvalue weighted by Gasteiger charge is 2.26. The molecule has 0 aromatic heterocycles. The van der Waals surface area contributed by atoms with E-state index in [1.54, 1.807) is 19.1 Å². The number of carbonyl (C=O) groups excluding carboxylic acids is 1. The Kier molecular flexibility index (Phi) is 7.39. The van der Waals surface area contributed by atoms with Gasteiger partial charge < -0.3 is 21.1 Å². The highest BCUT2D eigenvalue weighted by atomic mass is 16.6. The third-order valence-electron chi connectivity index (χ3n) is 4.72. The van der Waals surface area contributed by atoms with Crippen LogP contribution in [0.5, 0.6) is 0 Å². The SMILES string of the molecule is Cc1ccc(NCCCNC(=O)NC2CCC(C(=O)O)CC2)c([N+](=O)[O-])c1. The molecule has 9 nitrogen and oxygen atoms in total. The summed E-state index contributed by atoms with van der Waals surface area (Å²) in [6.45, 7) is 2.73. The normalized spacial score (nSPS) is 19.1. The smallest absolute Gasteiger partial charge is 0.315 e. The number of rotatable bonds is 8. The summed E-state index contributed by atoms with van der Waals surface area (Å²) >= 11 is 0. The van der Waals surface area contributed by atoms with E-state index in [-0.39, 0.29) is 23.7 Å². The second-order valence-electron chi connectivity index (χ2n) is 6.85. The maximum Gasteiger partial charge on any atom is 0.315 e. The molecule has 9 heteroatoms. The molecule has 0 bridgehead atoms. The van der Waals surface area contributed by atoms with Crippen molar-refractivity contribution in [3.63, 3.8) is 0 Å².